The molecule has 0 amide bonds. The summed E-state index contributed by atoms with van der Waals surface area (Å²) < 4.78 is 15.8. The van der Waals surface area contributed by atoms with Crippen molar-refractivity contribution in [1.29, 1.82) is 0 Å². The first-order valence-corrected chi connectivity index (χ1v) is 9.00. The molecule has 1 aromatic carbocycles. The number of aldehydes is 1. The van der Waals surface area contributed by atoms with Crippen LogP contribution < -0.4 is 0 Å². The summed E-state index contributed by atoms with van der Waals surface area (Å²) in [6.45, 7) is 4.52. The number of hydrogen-bond acceptors (Lipinski definition) is 6. The molecular formula is C20H28O6. The molecule has 0 spiro atoms. The molecule has 0 aliphatic rings. The molecule has 6 nitrogen and oxygen atoms in total. The average molecular weight is 364 g/mol. The first kappa shape index (κ1) is 21.8. The predicted molar refractivity (Wildman–Crippen MR) is 96.3 cm³/mol. The normalized spacial score (nSPS) is 11.0. The molecule has 0 saturated heterocycles. The van der Waals surface area contributed by atoms with Crippen LogP contribution in [0.2, 0.25) is 0 Å². The van der Waals surface area contributed by atoms with Crippen molar-refractivity contribution in [3.8, 4) is 0 Å². The van der Waals surface area contributed by atoms with E-state index in [1.807, 2.05) is 30.3 Å². The number of benzene rings is 1. The number of carbonyl (C=O) groups is 3. The minimum atomic E-state index is -1.46. The van der Waals surface area contributed by atoms with Crippen molar-refractivity contribution < 1.29 is 28.6 Å². The van der Waals surface area contributed by atoms with E-state index < -0.39 is 17.4 Å². The summed E-state index contributed by atoms with van der Waals surface area (Å²) in [5.74, 6) is -1.27. The Labute approximate surface area is 154 Å². The summed E-state index contributed by atoms with van der Waals surface area (Å²) in [7, 11) is 0. The summed E-state index contributed by atoms with van der Waals surface area (Å²) in [4.78, 5) is 35.8. The summed E-state index contributed by atoms with van der Waals surface area (Å²) in [5, 5.41) is 0. The Morgan fingerprint density at radius 3 is 2.15 bits per heavy atom. The second-order valence-electron chi connectivity index (χ2n) is 5.87. The quantitative estimate of drug-likeness (QED) is 0.232. The van der Waals surface area contributed by atoms with E-state index in [2.05, 4.69) is 0 Å². The molecule has 0 atom stereocenters. The number of ether oxygens (including phenoxy) is 3. The Balaban J connectivity index is 2.70. The average Bonchev–Trinajstić information content (AvgIpc) is 2.65. The molecule has 0 radical (unpaired) electrons. The topological polar surface area (TPSA) is 78.9 Å². The summed E-state index contributed by atoms with van der Waals surface area (Å²) in [6.07, 6.45) is 1.55. The smallest absolute Gasteiger partial charge is 0.323 e. The summed E-state index contributed by atoms with van der Waals surface area (Å²) >= 11 is 0. The molecule has 0 saturated carbocycles. The van der Waals surface area contributed by atoms with Crippen molar-refractivity contribution in [2.24, 2.45) is 5.41 Å². The molecule has 0 fully saturated rings. The lowest BCUT2D eigenvalue weighted by Crippen LogP contribution is -2.42. The van der Waals surface area contributed by atoms with Crippen LogP contribution in [0, 0.1) is 5.41 Å². The van der Waals surface area contributed by atoms with Crippen LogP contribution in [0.25, 0.3) is 0 Å². The minimum Gasteiger partial charge on any atom is -0.465 e. The lowest BCUT2D eigenvalue weighted by atomic mass is 9.79. The number of esters is 2. The van der Waals surface area contributed by atoms with Crippen LogP contribution in [0.1, 0.15) is 45.1 Å². The zero-order chi connectivity index (χ0) is 19.3. The maximum atomic E-state index is 12.5. The number of carbonyl (C=O) groups excluding carboxylic acids is 3. The van der Waals surface area contributed by atoms with Gasteiger partial charge in [-0.2, -0.15) is 0 Å². The zero-order valence-corrected chi connectivity index (χ0v) is 15.6. The van der Waals surface area contributed by atoms with E-state index >= 15 is 0 Å². The van der Waals surface area contributed by atoms with Gasteiger partial charge < -0.3 is 19.0 Å². The highest BCUT2D eigenvalue weighted by Gasteiger charge is 2.47. The minimum absolute atomic E-state index is 0.0762. The fraction of sp³-hybridized carbons (Fsp3) is 0.550. The van der Waals surface area contributed by atoms with Gasteiger partial charge >= 0.3 is 11.9 Å². The molecule has 1 aromatic rings. The molecule has 0 bridgehead atoms. The van der Waals surface area contributed by atoms with E-state index in [9.17, 15) is 14.4 Å². The molecule has 0 heterocycles. The van der Waals surface area contributed by atoms with Crippen LogP contribution >= 0.6 is 0 Å². The Bertz CT molecular complexity index is 537. The largest absolute Gasteiger partial charge is 0.465 e. The monoisotopic (exact) mass is 364 g/mol. The van der Waals surface area contributed by atoms with E-state index in [-0.39, 0.29) is 32.5 Å². The Morgan fingerprint density at radius 2 is 1.62 bits per heavy atom. The third kappa shape index (κ3) is 6.59. The van der Waals surface area contributed by atoms with Gasteiger partial charge in [0.25, 0.3) is 0 Å². The van der Waals surface area contributed by atoms with Gasteiger partial charge in [0, 0.05) is 13.0 Å². The van der Waals surface area contributed by atoms with Gasteiger partial charge in [0.2, 0.25) is 0 Å². The Kier molecular flexibility index (Phi) is 10.2. The molecule has 144 valence electrons. The maximum absolute atomic E-state index is 12.5. The lowest BCUT2D eigenvalue weighted by Gasteiger charge is -2.28. The first-order valence-electron chi connectivity index (χ1n) is 9.00. The van der Waals surface area contributed by atoms with Crippen LogP contribution in [0.5, 0.6) is 0 Å². The van der Waals surface area contributed by atoms with E-state index in [1.165, 1.54) is 0 Å². The molecule has 0 aliphatic carbocycles. The lowest BCUT2D eigenvalue weighted by molar-refractivity contribution is -0.173. The van der Waals surface area contributed by atoms with Gasteiger partial charge in [-0.25, -0.2) is 0 Å². The van der Waals surface area contributed by atoms with Gasteiger partial charge in [-0.1, -0.05) is 30.3 Å². The molecule has 6 heteroatoms. The van der Waals surface area contributed by atoms with Crippen LogP contribution in [0.3, 0.4) is 0 Å². The molecule has 0 unspecified atom stereocenters. The van der Waals surface area contributed by atoms with E-state index in [0.29, 0.717) is 25.9 Å². The second kappa shape index (κ2) is 12.2. The van der Waals surface area contributed by atoms with Crippen LogP contribution in [-0.4, -0.2) is 38.0 Å². The molecule has 0 aliphatic heterocycles. The van der Waals surface area contributed by atoms with E-state index in [1.54, 1.807) is 13.8 Å². The molecular weight excluding hydrogens is 336 g/mol. The van der Waals surface area contributed by atoms with Crippen LogP contribution in [0.4, 0.5) is 0 Å². The van der Waals surface area contributed by atoms with Crippen molar-refractivity contribution >= 4 is 18.2 Å². The highest BCUT2D eigenvalue weighted by molar-refractivity contribution is 6.00. The highest BCUT2D eigenvalue weighted by Crippen LogP contribution is 2.33. The van der Waals surface area contributed by atoms with Crippen LogP contribution in [0.15, 0.2) is 30.3 Å². The fourth-order valence-corrected chi connectivity index (χ4v) is 2.70. The van der Waals surface area contributed by atoms with Gasteiger partial charge in [0.1, 0.15) is 6.29 Å². The van der Waals surface area contributed by atoms with Crippen molar-refractivity contribution in [2.75, 3.05) is 19.8 Å². The molecule has 26 heavy (non-hydrogen) atoms. The number of hydrogen-bond donors (Lipinski definition) is 0. The maximum Gasteiger partial charge on any atom is 0.323 e. The summed E-state index contributed by atoms with van der Waals surface area (Å²) in [6, 6.07) is 9.73. The van der Waals surface area contributed by atoms with Crippen molar-refractivity contribution in [2.45, 2.75) is 46.1 Å². The first-order chi connectivity index (χ1) is 12.6. The van der Waals surface area contributed by atoms with Crippen molar-refractivity contribution in [3.63, 3.8) is 0 Å². The Morgan fingerprint density at radius 1 is 1.00 bits per heavy atom. The van der Waals surface area contributed by atoms with Gasteiger partial charge in [-0.15, -0.1) is 0 Å². The van der Waals surface area contributed by atoms with Gasteiger partial charge in [-0.05, 0) is 38.7 Å². The zero-order valence-electron chi connectivity index (χ0n) is 15.6. The van der Waals surface area contributed by atoms with Crippen molar-refractivity contribution in [3.05, 3.63) is 35.9 Å². The number of rotatable bonds is 13. The molecule has 1 rings (SSSR count). The second-order valence-corrected chi connectivity index (χ2v) is 5.87. The Hall–Kier alpha value is -2.21. The predicted octanol–water partition coefficient (Wildman–Crippen LogP) is 3.08. The van der Waals surface area contributed by atoms with Crippen LogP contribution in [-0.2, 0) is 35.2 Å². The standard InChI is InChI=1S/C20H28O6/c1-3-25-18(22)20(12-8-14-21,19(23)26-4-2)13-9-15-24-16-17-10-6-5-7-11-17/h5-7,10-11,14H,3-4,8-9,12-13,15-16H2,1-2H3. The molecule has 0 aromatic heterocycles. The third-order valence-electron chi connectivity index (χ3n) is 4.03. The summed E-state index contributed by atoms with van der Waals surface area (Å²) in [5.41, 5.74) is -0.404. The molecule has 0 N–H and O–H groups in total. The SMILES string of the molecule is CCOC(=O)C(CCC=O)(CCCOCc1ccccc1)C(=O)OCC. The van der Waals surface area contributed by atoms with E-state index in [4.69, 9.17) is 14.2 Å². The third-order valence-corrected chi connectivity index (χ3v) is 4.03. The van der Waals surface area contributed by atoms with E-state index in [0.717, 1.165) is 5.56 Å². The van der Waals surface area contributed by atoms with Gasteiger partial charge in [0.15, 0.2) is 5.41 Å². The van der Waals surface area contributed by atoms with Gasteiger partial charge in [-0.3, -0.25) is 9.59 Å². The fourth-order valence-electron chi connectivity index (χ4n) is 2.70. The van der Waals surface area contributed by atoms with Gasteiger partial charge in [0.05, 0.1) is 19.8 Å². The highest BCUT2D eigenvalue weighted by atomic mass is 16.6. The van der Waals surface area contributed by atoms with Crippen molar-refractivity contribution in [1.82, 2.24) is 0 Å².